The first-order valence-corrected chi connectivity index (χ1v) is 4.68. The third-order valence-electron chi connectivity index (χ3n) is 2.26. The fraction of sp³-hybridized carbons (Fsp3) is 0.818. The van der Waals surface area contributed by atoms with Crippen LogP contribution in [0.25, 0.3) is 0 Å². The summed E-state index contributed by atoms with van der Waals surface area (Å²) >= 11 is 0. The van der Waals surface area contributed by atoms with Gasteiger partial charge in [-0.3, -0.25) is 0 Å². The van der Waals surface area contributed by atoms with E-state index in [1.165, 1.54) is 19.3 Å². The maximum absolute atomic E-state index is 3.23. The molecule has 2 unspecified atom stereocenters. The fourth-order valence-electron chi connectivity index (χ4n) is 1.52. The molecule has 0 rings (SSSR count). The summed E-state index contributed by atoms with van der Waals surface area (Å²) in [5, 5.41) is 0. The molecule has 0 aromatic rings. The Kier molecular flexibility index (Phi) is 6.03. The maximum atomic E-state index is 3.23. The van der Waals surface area contributed by atoms with E-state index in [1.54, 1.807) is 0 Å². The van der Waals surface area contributed by atoms with E-state index in [2.05, 4.69) is 32.6 Å². The lowest BCUT2D eigenvalue weighted by Gasteiger charge is -2.16. The minimum Gasteiger partial charge on any atom is -0.106 e. The first-order chi connectivity index (χ1) is 5.26. The topological polar surface area (TPSA) is 0 Å². The van der Waals surface area contributed by atoms with Gasteiger partial charge in [0.15, 0.2) is 0 Å². The average molecular weight is 152 g/mol. The molecule has 0 N–H and O–H groups in total. The molecule has 0 nitrogen and oxygen atoms in total. The van der Waals surface area contributed by atoms with Gasteiger partial charge in [0, 0.05) is 5.92 Å². The van der Waals surface area contributed by atoms with Crippen LogP contribution in [0, 0.1) is 23.7 Å². The summed E-state index contributed by atoms with van der Waals surface area (Å²) < 4.78 is 0. The fourth-order valence-corrected chi connectivity index (χ4v) is 1.52. The minimum atomic E-state index is 0.588. The van der Waals surface area contributed by atoms with Gasteiger partial charge in [-0.05, 0) is 19.3 Å². The van der Waals surface area contributed by atoms with E-state index in [9.17, 15) is 0 Å². The molecule has 0 aliphatic carbocycles. The van der Waals surface area contributed by atoms with Crippen LogP contribution < -0.4 is 0 Å². The lowest BCUT2D eigenvalue weighted by atomic mass is 9.88. The lowest BCUT2D eigenvalue weighted by Crippen LogP contribution is -2.08. The van der Waals surface area contributed by atoms with Crippen molar-refractivity contribution in [2.24, 2.45) is 11.8 Å². The molecule has 0 heteroatoms. The van der Waals surface area contributed by atoms with Crippen LogP contribution in [0.1, 0.15) is 47.0 Å². The zero-order valence-corrected chi connectivity index (χ0v) is 8.28. The Labute approximate surface area is 71.4 Å². The predicted octanol–water partition coefficient (Wildman–Crippen LogP) is 3.47. The summed E-state index contributed by atoms with van der Waals surface area (Å²) in [4.78, 5) is 0. The van der Waals surface area contributed by atoms with Gasteiger partial charge in [0.05, 0.1) is 0 Å². The van der Waals surface area contributed by atoms with Crippen molar-refractivity contribution in [2.75, 3.05) is 0 Å². The summed E-state index contributed by atoms with van der Waals surface area (Å²) in [6.07, 6.45) is 3.88. The van der Waals surface area contributed by atoms with Crippen molar-refractivity contribution in [3.8, 4) is 11.8 Å². The van der Waals surface area contributed by atoms with Crippen molar-refractivity contribution in [2.45, 2.75) is 47.0 Å². The van der Waals surface area contributed by atoms with Crippen LogP contribution in [-0.2, 0) is 0 Å². The highest BCUT2D eigenvalue weighted by molar-refractivity contribution is 5.01. The smallest absolute Gasteiger partial charge is 0.0202 e. The van der Waals surface area contributed by atoms with Crippen molar-refractivity contribution >= 4 is 0 Å². The Balaban J connectivity index is 3.87. The van der Waals surface area contributed by atoms with E-state index < -0.39 is 0 Å². The van der Waals surface area contributed by atoms with Gasteiger partial charge < -0.3 is 0 Å². The molecule has 0 saturated heterocycles. The summed E-state index contributed by atoms with van der Waals surface area (Å²) in [5.41, 5.74) is 0. The highest BCUT2D eigenvalue weighted by Gasteiger charge is 2.10. The molecular formula is C11H20. The molecule has 0 aliphatic rings. The molecule has 64 valence electrons. The summed E-state index contributed by atoms with van der Waals surface area (Å²) in [5.74, 6) is 7.62. The second-order valence-corrected chi connectivity index (χ2v) is 3.14. The van der Waals surface area contributed by atoms with Crippen LogP contribution in [0.5, 0.6) is 0 Å². The SMILES string of the molecule is CC#CC(C)C(CC)CCC. The molecule has 0 aromatic carbocycles. The second-order valence-electron chi connectivity index (χ2n) is 3.14. The summed E-state index contributed by atoms with van der Waals surface area (Å²) in [7, 11) is 0. The van der Waals surface area contributed by atoms with Gasteiger partial charge in [-0.25, -0.2) is 0 Å². The van der Waals surface area contributed by atoms with Crippen molar-refractivity contribution in [1.29, 1.82) is 0 Å². The number of hydrogen-bond donors (Lipinski definition) is 0. The first-order valence-electron chi connectivity index (χ1n) is 4.68. The molecule has 0 radical (unpaired) electrons. The highest BCUT2D eigenvalue weighted by Crippen LogP contribution is 2.19. The van der Waals surface area contributed by atoms with Gasteiger partial charge in [0.25, 0.3) is 0 Å². The molecule has 0 amide bonds. The van der Waals surface area contributed by atoms with Crippen molar-refractivity contribution in [3.05, 3.63) is 0 Å². The van der Waals surface area contributed by atoms with Gasteiger partial charge in [-0.1, -0.05) is 33.6 Å². The minimum absolute atomic E-state index is 0.588. The third kappa shape index (κ3) is 4.09. The molecule has 0 aromatic heterocycles. The summed E-state index contributed by atoms with van der Waals surface area (Å²) in [6.45, 7) is 8.67. The van der Waals surface area contributed by atoms with Crippen LogP contribution in [0.4, 0.5) is 0 Å². The zero-order chi connectivity index (χ0) is 8.69. The van der Waals surface area contributed by atoms with Gasteiger partial charge in [0.1, 0.15) is 0 Å². The molecule has 0 saturated carbocycles. The summed E-state index contributed by atoms with van der Waals surface area (Å²) in [6, 6.07) is 0. The average Bonchev–Trinajstić information content (AvgIpc) is 2.00. The van der Waals surface area contributed by atoms with E-state index in [0.717, 1.165) is 5.92 Å². The second kappa shape index (κ2) is 6.28. The van der Waals surface area contributed by atoms with E-state index >= 15 is 0 Å². The quantitative estimate of drug-likeness (QED) is 0.541. The molecule has 0 heterocycles. The van der Waals surface area contributed by atoms with E-state index in [-0.39, 0.29) is 0 Å². The van der Waals surface area contributed by atoms with Crippen LogP contribution in [0.2, 0.25) is 0 Å². The third-order valence-corrected chi connectivity index (χ3v) is 2.26. The molecule has 0 fully saturated rings. The van der Waals surface area contributed by atoms with Crippen molar-refractivity contribution < 1.29 is 0 Å². The maximum Gasteiger partial charge on any atom is 0.0202 e. The molecule has 0 bridgehead atoms. The lowest BCUT2D eigenvalue weighted by molar-refractivity contribution is 0.385. The van der Waals surface area contributed by atoms with Crippen molar-refractivity contribution in [1.82, 2.24) is 0 Å². The van der Waals surface area contributed by atoms with Crippen LogP contribution in [-0.4, -0.2) is 0 Å². The van der Waals surface area contributed by atoms with E-state index in [4.69, 9.17) is 0 Å². The van der Waals surface area contributed by atoms with Crippen LogP contribution in [0.15, 0.2) is 0 Å². The molecule has 0 spiro atoms. The molecule has 11 heavy (non-hydrogen) atoms. The Morgan fingerprint density at radius 2 is 1.91 bits per heavy atom. The van der Waals surface area contributed by atoms with Gasteiger partial charge in [0.2, 0.25) is 0 Å². The first kappa shape index (κ1) is 10.6. The van der Waals surface area contributed by atoms with Gasteiger partial charge in [-0.2, -0.15) is 0 Å². The van der Waals surface area contributed by atoms with Crippen molar-refractivity contribution in [3.63, 3.8) is 0 Å². The normalized spacial score (nSPS) is 14.9. The molecule has 0 aliphatic heterocycles. The van der Waals surface area contributed by atoms with E-state index in [1.807, 2.05) is 6.92 Å². The predicted molar refractivity (Wildman–Crippen MR) is 51.3 cm³/mol. The Morgan fingerprint density at radius 1 is 1.27 bits per heavy atom. The zero-order valence-electron chi connectivity index (χ0n) is 8.28. The largest absolute Gasteiger partial charge is 0.106 e. The molecule has 2 atom stereocenters. The Bertz CT molecular complexity index is 136. The molecular weight excluding hydrogens is 132 g/mol. The number of hydrogen-bond acceptors (Lipinski definition) is 0. The van der Waals surface area contributed by atoms with Crippen LogP contribution >= 0.6 is 0 Å². The highest BCUT2D eigenvalue weighted by atomic mass is 14.1. The van der Waals surface area contributed by atoms with Crippen LogP contribution in [0.3, 0.4) is 0 Å². The standard InChI is InChI=1S/C11H20/c1-5-8-10(4)11(7-3)9-6-2/h10-11H,6-7,9H2,1-4H3. The monoisotopic (exact) mass is 152 g/mol. The van der Waals surface area contributed by atoms with Gasteiger partial charge >= 0.3 is 0 Å². The number of rotatable bonds is 4. The Hall–Kier alpha value is -0.440. The van der Waals surface area contributed by atoms with Gasteiger partial charge in [-0.15, -0.1) is 11.8 Å². The Morgan fingerprint density at radius 3 is 2.27 bits per heavy atom. The van der Waals surface area contributed by atoms with E-state index in [0.29, 0.717) is 5.92 Å².